The molecule has 1 aliphatic rings. The summed E-state index contributed by atoms with van der Waals surface area (Å²) in [5, 5.41) is 0.814. The topological polar surface area (TPSA) is 29.3 Å². The summed E-state index contributed by atoms with van der Waals surface area (Å²) in [5.41, 5.74) is 7.43. The van der Waals surface area contributed by atoms with Gasteiger partial charge in [-0.2, -0.15) is 0 Å². The van der Waals surface area contributed by atoms with Crippen molar-refractivity contribution < 1.29 is 0 Å². The van der Waals surface area contributed by atoms with Crippen molar-refractivity contribution in [3.05, 3.63) is 33.3 Å². The van der Waals surface area contributed by atoms with Gasteiger partial charge in [-0.15, -0.1) is 0 Å². The first-order valence-electron chi connectivity index (χ1n) is 6.08. The second kappa shape index (κ2) is 5.70. The molecule has 0 bridgehead atoms. The molecule has 0 spiro atoms. The van der Waals surface area contributed by atoms with Gasteiger partial charge in [0.15, 0.2) is 0 Å². The van der Waals surface area contributed by atoms with Crippen LogP contribution in [0, 0.1) is 0 Å². The molecule has 0 radical (unpaired) electrons. The summed E-state index contributed by atoms with van der Waals surface area (Å²) in [6.07, 6.45) is 2.25. The average molecular weight is 318 g/mol. The van der Waals surface area contributed by atoms with Crippen LogP contribution >= 0.6 is 27.5 Å². The van der Waals surface area contributed by atoms with E-state index in [1.165, 1.54) is 6.42 Å². The third-order valence-electron chi connectivity index (χ3n) is 3.46. The molecule has 2 nitrogen and oxygen atoms in total. The van der Waals surface area contributed by atoms with Crippen molar-refractivity contribution in [1.82, 2.24) is 4.90 Å². The maximum absolute atomic E-state index is 6.31. The lowest BCUT2D eigenvalue weighted by Gasteiger charge is -2.40. The number of rotatable bonds is 2. The van der Waals surface area contributed by atoms with E-state index in [0.717, 1.165) is 34.6 Å². The summed E-state index contributed by atoms with van der Waals surface area (Å²) in [4.78, 5) is 2.42. The quantitative estimate of drug-likeness (QED) is 0.903. The van der Waals surface area contributed by atoms with Gasteiger partial charge in [0.2, 0.25) is 0 Å². The molecule has 1 aromatic rings. The molecule has 1 aliphatic heterocycles. The molecule has 2 unspecified atom stereocenters. The smallest absolute Gasteiger partial charge is 0.0514 e. The molecule has 17 heavy (non-hydrogen) atoms. The third-order valence-corrected chi connectivity index (χ3v) is 4.30. The summed E-state index contributed by atoms with van der Waals surface area (Å²) in [7, 11) is 0. The van der Waals surface area contributed by atoms with Gasteiger partial charge in [0.25, 0.3) is 0 Å². The first kappa shape index (κ1) is 13.3. The zero-order valence-corrected chi connectivity index (χ0v) is 12.3. The lowest BCUT2D eigenvalue weighted by Crippen LogP contribution is -2.45. The van der Waals surface area contributed by atoms with Crippen molar-refractivity contribution in [3.8, 4) is 0 Å². The van der Waals surface area contributed by atoms with E-state index in [-0.39, 0.29) is 12.1 Å². The van der Waals surface area contributed by atoms with E-state index in [9.17, 15) is 0 Å². The fourth-order valence-electron chi connectivity index (χ4n) is 2.62. The van der Waals surface area contributed by atoms with E-state index in [4.69, 9.17) is 17.3 Å². The van der Waals surface area contributed by atoms with Crippen molar-refractivity contribution in [2.75, 3.05) is 13.1 Å². The molecule has 1 fully saturated rings. The molecule has 94 valence electrons. The Morgan fingerprint density at radius 2 is 2.29 bits per heavy atom. The van der Waals surface area contributed by atoms with E-state index in [1.807, 2.05) is 12.1 Å². The van der Waals surface area contributed by atoms with E-state index in [1.54, 1.807) is 0 Å². The van der Waals surface area contributed by atoms with E-state index in [2.05, 4.69) is 33.8 Å². The first-order chi connectivity index (χ1) is 8.13. The Morgan fingerprint density at radius 1 is 1.53 bits per heavy atom. The number of hydrogen-bond donors (Lipinski definition) is 1. The summed E-state index contributed by atoms with van der Waals surface area (Å²) >= 11 is 9.82. The van der Waals surface area contributed by atoms with Crippen molar-refractivity contribution >= 4 is 27.5 Å². The van der Waals surface area contributed by atoms with Crippen LogP contribution in [0.2, 0.25) is 5.02 Å². The van der Waals surface area contributed by atoms with Crippen molar-refractivity contribution in [1.29, 1.82) is 0 Å². The van der Waals surface area contributed by atoms with Gasteiger partial charge in [0.1, 0.15) is 0 Å². The molecule has 1 saturated heterocycles. The average Bonchev–Trinajstić information content (AvgIpc) is 2.32. The Labute approximate surface area is 116 Å². The highest BCUT2D eigenvalue weighted by molar-refractivity contribution is 9.10. The maximum Gasteiger partial charge on any atom is 0.0514 e. The van der Waals surface area contributed by atoms with Crippen LogP contribution in [0.4, 0.5) is 0 Å². The van der Waals surface area contributed by atoms with Crippen LogP contribution in [0.3, 0.4) is 0 Å². The second-order valence-corrected chi connectivity index (χ2v) is 5.87. The minimum atomic E-state index is 0.176. The second-order valence-electron chi connectivity index (χ2n) is 4.55. The lowest BCUT2D eigenvalue weighted by molar-refractivity contribution is 0.136. The molecule has 2 atom stereocenters. The predicted molar refractivity (Wildman–Crippen MR) is 76.3 cm³/mol. The zero-order valence-electron chi connectivity index (χ0n) is 10.00. The number of nitrogens with zero attached hydrogens (tertiary/aromatic N) is 1. The number of halogens is 2. The zero-order chi connectivity index (χ0) is 12.4. The summed E-state index contributed by atoms with van der Waals surface area (Å²) < 4.78 is 1.06. The van der Waals surface area contributed by atoms with Crippen LogP contribution in [0.25, 0.3) is 0 Å². The highest BCUT2D eigenvalue weighted by atomic mass is 79.9. The van der Waals surface area contributed by atoms with Crippen LogP contribution in [-0.4, -0.2) is 24.0 Å². The number of likely N-dealkylation sites (tertiary alicyclic amines) is 1. The highest BCUT2D eigenvalue weighted by Gasteiger charge is 2.30. The Balaban J connectivity index is 2.37. The van der Waals surface area contributed by atoms with E-state index >= 15 is 0 Å². The van der Waals surface area contributed by atoms with Gasteiger partial charge in [0.05, 0.1) is 6.04 Å². The van der Waals surface area contributed by atoms with Gasteiger partial charge in [-0.3, -0.25) is 4.90 Å². The van der Waals surface area contributed by atoms with Gasteiger partial charge in [-0.05, 0) is 49.7 Å². The van der Waals surface area contributed by atoms with E-state index in [0.29, 0.717) is 0 Å². The lowest BCUT2D eigenvalue weighted by atomic mass is 9.91. The largest absolute Gasteiger partial charge is 0.326 e. The fraction of sp³-hybridized carbons (Fsp3) is 0.538. The molecule has 0 aromatic heterocycles. The Hall–Kier alpha value is -0.0900. The van der Waals surface area contributed by atoms with Crippen LogP contribution in [0.15, 0.2) is 22.7 Å². The van der Waals surface area contributed by atoms with Crippen molar-refractivity contribution in [2.24, 2.45) is 5.73 Å². The van der Waals surface area contributed by atoms with Crippen LogP contribution < -0.4 is 5.73 Å². The van der Waals surface area contributed by atoms with Crippen molar-refractivity contribution in [2.45, 2.75) is 31.8 Å². The van der Waals surface area contributed by atoms with Gasteiger partial charge in [-0.1, -0.05) is 34.5 Å². The molecule has 1 heterocycles. The molecule has 0 aliphatic carbocycles. The molecular weight excluding hydrogens is 300 g/mol. The molecular formula is C13H18BrClN2. The van der Waals surface area contributed by atoms with Crippen molar-refractivity contribution in [3.63, 3.8) is 0 Å². The minimum Gasteiger partial charge on any atom is -0.326 e. The maximum atomic E-state index is 6.31. The molecule has 1 aromatic carbocycles. The summed E-state index contributed by atoms with van der Waals surface area (Å²) in [5.74, 6) is 0. The predicted octanol–water partition coefficient (Wildman–Crippen LogP) is 3.59. The van der Waals surface area contributed by atoms with Crippen LogP contribution in [-0.2, 0) is 0 Å². The third kappa shape index (κ3) is 2.84. The summed E-state index contributed by atoms with van der Waals surface area (Å²) in [6.45, 7) is 4.30. The standard InChI is InChI=1S/C13H18BrClN2/c1-2-17-7-3-4-12(16)13(17)10-8-9(14)5-6-11(10)15/h5-6,8,12-13H,2-4,7,16H2,1H3. The fourth-order valence-corrected chi connectivity index (χ4v) is 3.23. The number of benzene rings is 1. The monoisotopic (exact) mass is 316 g/mol. The van der Waals surface area contributed by atoms with E-state index < -0.39 is 0 Å². The number of hydrogen-bond acceptors (Lipinski definition) is 2. The Kier molecular flexibility index (Phi) is 4.47. The van der Waals surface area contributed by atoms with Gasteiger partial charge < -0.3 is 5.73 Å². The Morgan fingerprint density at radius 3 is 3.00 bits per heavy atom. The Bertz CT molecular complexity index is 397. The number of piperidine rings is 1. The van der Waals surface area contributed by atoms with Gasteiger partial charge in [0, 0.05) is 15.5 Å². The molecule has 0 amide bonds. The number of nitrogens with two attached hydrogens (primary N) is 1. The van der Waals surface area contributed by atoms with Crippen LogP contribution in [0.1, 0.15) is 31.4 Å². The van der Waals surface area contributed by atoms with Gasteiger partial charge >= 0.3 is 0 Å². The highest BCUT2D eigenvalue weighted by Crippen LogP contribution is 2.35. The molecule has 0 saturated carbocycles. The molecule has 2 N–H and O–H groups in total. The van der Waals surface area contributed by atoms with Gasteiger partial charge in [-0.25, -0.2) is 0 Å². The summed E-state index contributed by atoms with van der Waals surface area (Å²) in [6, 6.07) is 6.43. The minimum absolute atomic E-state index is 0.176. The first-order valence-corrected chi connectivity index (χ1v) is 7.25. The molecule has 2 rings (SSSR count). The normalized spacial score (nSPS) is 26.1. The SMILES string of the molecule is CCN1CCCC(N)C1c1cc(Br)ccc1Cl. The van der Waals surface area contributed by atoms with Crippen LogP contribution in [0.5, 0.6) is 0 Å². The number of likely N-dealkylation sites (N-methyl/N-ethyl adjacent to an activating group) is 1. The molecule has 4 heteroatoms.